The highest BCUT2D eigenvalue weighted by Gasteiger charge is 2.23. The fourth-order valence-corrected chi connectivity index (χ4v) is 3.10. The van der Waals surface area contributed by atoms with E-state index in [-0.39, 0.29) is 17.9 Å². The summed E-state index contributed by atoms with van der Waals surface area (Å²) in [7, 11) is 1.57. The average Bonchev–Trinajstić information content (AvgIpc) is 3.10. The number of para-hydroxylation sites is 1. The van der Waals surface area contributed by atoms with E-state index in [4.69, 9.17) is 4.74 Å². The lowest BCUT2D eigenvalue weighted by Gasteiger charge is -2.20. The highest BCUT2D eigenvalue weighted by atomic mass is 16.5. The summed E-state index contributed by atoms with van der Waals surface area (Å²) >= 11 is 0. The van der Waals surface area contributed by atoms with Gasteiger partial charge in [-0.1, -0.05) is 18.2 Å². The van der Waals surface area contributed by atoms with Gasteiger partial charge >= 0.3 is 0 Å². The number of H-pyrrole nitrogens is 1. The van der Waals surface area contributed by atoms with E-state index in [1.807, 2.05) is 44.3 Å². The Labute approximate surface area is 164 Å². The molecule has 0 bridgehead atoms. The second-order valence-corrected chi connectivity index (χ2v) is 6.98. The number of carbonyl (C=O) groups excluding carboxylic acids is 2. The van der Waals surface area contributed by atoms with Crippen LogP contribution in [0, 0.1) is 0 Å². The predicted molar refractivity (Wildman–Crippen MR) is 110 cm³/mol. The highest BCUT2D eigenvalue weighted by Crippen LogP contribution is 2.19. The van der Waals surface area contributed by atoms with Gasteiger partial charge in [-0.25, -0.2) is 0 Å². The Balaban J connectivity index is 1.81. The molecule has 0 saturated carbocycles. The fourth-order valence-electron chi connectivity index (χ4n) is 3.10. The summed E-state index contributed by atoms with van der Waals surface area (Å²) < 4.78 is 5.12. The van der Waals surface area contributed by atoms with Crippen LogP contribution < -0.4 is 15.4 Å². The predicted octanol–water partition coefficient (Wildman–Crippen LogP) is 3.04. The first kappa shape index (κ1) is 19.5. The van der Waals surface area contributed by atoms with Gasteiger partial charge in [0.25, 0.3) is 5.91 Å². The molecule has 3 rings (SSSR count). The van der Waals surface area contributed by atoms with Crippen molar-refractivity contribution < 1.29 is 14.3 Å². The number of aromatic amines is 1. The minimum Gasteiger partial charge on any atom is -0.497 e. The van der Waals surface area contributed by atoms with Crippen LogP contribution in [0.4, 0.5) is 0 Å². The quantitative estimate of drug-likeness (QED) is 0.590. The topological polar surface area (TPSA) is 83.2 Å². The highest BCUT2D eigenvalue weighted by molar-refractivity contribution is 5.98. The summed E-state index contributed by atoms with van der Waals surface area (Å²) in [6, 6.07) is 14.0. The Morgan fingerprint density at radius 1 is 1.04 bits per heavy atom. The summed E-state index contributed by atoms with van der Waals surface area (Å²) in [5, 5.41) is 6.81. The molecule has 0 saturated heterocycles. The van der Waals surface area contributed by atoms with Gasteiger partial charge in [-0.3, -0.25) is 9.59 Å². The Kier molecular flexibility index (Phi) is 5.99. The van der Waals surface area contributed by atoms with Crippen LogP contribution in [0.3, 0.4) is 0 Å². The maximum atomic E-state index is 12.7. The molecule has 3 N–H and O–H groups in total. The van der Waals surface area contributed by atoms with Crippen LogP contribution in [0.5, 0.6) is 5.75 Å². The van der Waals surface area contributed by atoms with E-state index in [0.29, 0.717) is 17.7 Å². The van der Waals surface area contributed by atoms with E-state index >= 15 is 0 Å². The monoisotopic (exact) mass is 379 g/mol. The summed E-state index contributed by atoms with van der Waals surface area (Å²) in [6.07, 6.45) is 2.28. The molecule has 0 aliphatic carbocycles. The second kappa shape index (κ2) is 8.61. The third kappa shape index (κ3) is 4.52. The molecule has 1 aromatic heterocycles. The molecular weight excluding hydrogens is 354 g/mol. The van der Waals surface area contributed by atoms with Gasteiger partial charge in [-0.2, -0.15) is 0 Å². The van der Waals surface area contributed by atoms with Crippen molar-refractivity contribution in [1.82, 2.24) is 15.6 Å². The minimum absolute atomic E-state index is 0.0177. The van der Waals surface area contributed by atoms with Gasteiger partial charge in [-0.15, -0.1) is 0 Å². The zero-order valence-electron chi connectivity index (χ0n) is 16.3. The SMILES string of the molecule is COc1ccc(C(=O)N[C@@H](Cc2c[nH]c3ccccc23)C(=O)NC(C)C)cc1. The van der Waals surface area contributed by atoms with Crippen LogP contribution in [0.2, 0.25) is 0 Å². The first-order chi connectivity index (χ1) is 13.5. The van der Waals surface area contributed by atoms with Gasteiger partial charge in [0.1, 0.15) is 11.8 Å². The van der Waals surface area contributed by atoms with Crippen molar-refractivity contribution in [2.45, 2.75) is 32.4 Å². The van der Waals surface area contributed by atoms with Gasteiger partial charge in [0.2, 0.25) is 5.91 Å². The first-order valence-corrected chi connectivity index (χ1v) is 9.28. The maximum absolute atomic E-state index is 12.7. The molecule has 0 aliphatic rings. The molecule has 2 aromatic carbocycles. The van der Waals surface area contributed by atoms with Gasteiger partial charge < -0.3 is 20.4 Å². The van der Waals surface area contributed by atoms with E-state index in [9.17, 15) is 9.59 Å². The van der Waals surface area contributed by atoms with E-state index in [0.717, 1.165) is 16.5 Å². The Morgan fingerprint density at radius 2 is 1.75 bits per heavy atom. The Morgan fingerprint density at radius 3 is 2.43 bits per heavy atom. The standard InChI is InChI=1S/C22H25N3O3/c1-14(2)24-22(27)20(12-16-13-23-19-7-5-4-6-18(16)19)25-21(26)15-8-10-17(28-3)11-9-15/h4-11,13-14,20,23H,12H2,1-3H3,(H,24,27)(H,25,26)/t20-/m0/s1. The normalized spacial score (nSPS) is 12.0. The lowest BCUT2D eigenvalue weighted by Crippen LogP contribution is -2.49. The van der Waals surface area contributed by atoms with E-state index in [1.54, 1.807) is 31.4 Å². The number of methoxy groups -OCH3 is 1. The molecule has 3 aromatic rings. The minimum atomic E-state index is -0.684. The van der Waals surface area contributed by atoms with Crippen molar-refractivity contribution in [1.29, 1.82) is 0 Å². The van der Waals surface area contributed by atoms with Crippen molar-refractivity contribution in [3.63, 3.8) is 0 Å². The van der Waals surface area contributed by atoms with Gasteiger partial charge in [0.05, 0.1) is 7.11 Å². The molecule has 146 valence electrons. The van der Waals surface area contributed by atoms with Crippen molar-refractivity contribution >= 4 is 22.7 Å². The van der Waals surface area contributed by atoms with E-state index in [1.165, 1.54) is 0 Å². The van der Waals surface area contributed by atoms with Crippen LogP contribution in [0.1, 0.15) is 29.8 Å². The number of nitrogens with one attached hydrogen (secondary N) is 3. The number of hydrogen-bond donors (Lipinski definition) is 3. The number of aromatic nitrogens is 1. The van der Waals surface area contributed by atoms with Crippen LogP contribution in [0.15, 0.2) is 54.7 Å². The molecule has 6 nitrogen and oxygen atoms in total. The Bertz CT molecular complexity index is 961. The second-order valence-electron chi connectivity index (χ2n) is 6.98. The molecule has 6 heteroatoms. The number of carbonyl (C=O) groups is 2. The van der Waals surface area contributed by atoms with Crippen molar-refractivity contribution in [2.75, 3.05) is 7.11 Å². The fraction of sp³-hybridized carbons (Fsp3) is 0.273. The molecule has 0 radical (unpaired) electrons. The van der Waals surface area contributed by atoms with Crippen LogP contribution in [0.25, 0.3) is 10.9 Å². The summed E-state index contributed by atoms with van der Waals surface area (Å²) in [4.78, 5) is 28.6. The van der Waals surface area contributed by atoms with Crippen molar-refractivity contribution in [3.8, 4) is 5.75 Å². The number of benzene rings is 2. The number of ether oxygens (including phenoxy) is 1. The lowest BCUT2D eigenvalue weighted by atomic mass is 10.0. The molecule has 0 spiro atoms. The lowest BCUT2D eigenvalue weighted by molar-refractivity contribution is -0.123. The third-order valence-electron chi connectivity index (χ3n) is 4.50. The van der Waals surface area contributed by atoms with Crippen LogP contribution >= 0.6 is 0 Å². The van der Waals surface area contributed by atoms with Crippen LogP contribution in [-0.4, -0.2) is 36.0 Å². The molecule has 1 atom stereocenters. The Hall–Kier alpha value is -3.28. The zero-order valence-corrected chi connectivity index (χ0v) is 16.3. The third-order valence-corrected chi connectivity index (χ3v) is 4.50. The summed E-state index contributed by atoms with van der Waals surface area (Å²) in [5.74, 6) is 0.165. The van der Waals surface area contributed by atoms with Crippen molar-refractivity contribution in [2.24, 2.45) is 0 Å². The van der Waals surface area contributed by atoms with Gasteiger partial charge in [0, 0.05) is 35.1 Å². The molecule has 0 aliphatic heterocycles. The number of amides is 2. The first-order valence-electron chi connectivity index (χ1n) is 9.28. The van der Waals surface area contributed by atoms with Crippen LogP contribution in [-0.2, 0) is 11.2 Å². The molecule has 1 heterocycles. The molecule has 28 heavy (non-hydrogen) atoms. The number of fused-ring (bicyclic) bond motifs is 1. The van der Waals surface area contributed by atoms with E-state index in [2.05, 4.69) is 15.6 Å². The summed E-state index contributed by atoms with van der Waals surface area (Å²) in [5.41, 5.74) is 2.46. The van der Waals surface area contributed by atoms with Gasteiger partial charge in [-0.05, 0) is 49.7 Å². The largest absolute Gasteiger partial charge is 0.497 e. The molecule has 0 fully saturated rings. The number of rotatable bonds is 7. The maximum Gasteiger partial charge on any atom is 0.251 e. The molecule has 0 unspecified atom stereocenters. The summed E-state index contributed by atoms with van der Waals surface area (Å²) in [6.45, 7) is 3.79. The van der Waals surface area contributed by atoms with Crippen molar-refractivity contribution in [3.05, 3.63) is 65.9 Å². The molecular formula is C22H25N3O3. The zero-order chi connectivity index (χ0) is 20.1. The smallest absolute Gasteiger partial charge is 0.251 e. The van der Waals surface area contributed by atoms with E-state index < -0.39 is 6.04 Å². The molecule has 2 amide bonds. The number of hydrogen-bond acceptors (Lipinski definition) is 3. The van der Waals surface area contributed by atoms with Gasteiger partial charge in [0.15, 0.2) is 0 Å². The average molecular weight is 379 g/mol.